The first kappa shape index (κ1) is 33.2. The number of carbonyl (C=O) groups excluding carboxylic acids is 1. The summed E-state index contributed by atoms with van der Waals surface area (Å²) in [5, 5.41) is 2.50. The van der Waals surface area contributed by atoms with Crippen LogP contribution in [-0.4, -0.2) is 103 Å². The highest BCUT2D eigenvalue weighted by Crippen LogP contribution is 2.36. The van der Waals surface area contributed by atoms with Crippen LogP contribution < -0.4 is 14.5 Å². The second-order valence-corrected chi connectivity index (χ2v) is 14.1. The lowest BCUT2D eigenvalue weighted by Crippen LogP contribution is -2.57. The molecule has 11 nitrogen and oxygen atoms in total. The number of ether oxygens (including phenoxy) is 3. The SMILES string of the molecule is [C-]#[N+]C[C@H]1CN(c2nc(OCCCN3C[C@@H]4C[C@H]3CO4)nc3c2CCN(c2cccc4cccc(C)c24)C3)CCN1C(=O)OCc1ccccc1. The number of fused-ring (bicyclic) bond motifs is 4. The second-order valence-electron chi connectivity index (χ2n) is 14.1. The van der Waals surface area contributed by atoms with Crippen molar-refractivity contribution < 1.29 is 19.0 Å². The van der Waals surface area contributed by atoms with Crippen molar-refractivity contribution >= 4 is 28.4 Å². The van der Waals surface area contributed by atoms with E-state index in [9.17, 15) is 4.79 Å². The number of carbonyl (C=O) groups is 1. The number of anilines is 2. The van der Waals surface area contributed by atoms with Gasteiger partial charge in [-0.15, -0.1) is 0 Å². The molecule has 0 radical (unpaired) electrons. The van der Waals surface area contributed by atoms with Crippen molar-refractivity contribution in [3.8, 4) is 6.01 Å². The zero-order valence-corrected chi connectivity index (χ0v) is 29.2. The molecule has 3 atom stereocenters. The fraction of sp³-hybridized carbons (Fsp3) is 0.450. The molecule has 0 unspecified atom stereocenters. The summed E-state index contributed by atoms with van der Waals surface area (Å²) in [6.45, 7) is 16.5. The molecule has 51 heavy (non-hydrogen) atoms. The molecular formula is C40H45N7O4. The van der Waals surface area contributed by atoms with E-state index in [-0.39, 0.29) is 25.3 Å². The van der Waals surface area contributed by atoms with Crippen LogP contribution in [0.25, 0.3) is 15.6 Å². The first-order valence-corrected chi connectivity index (χ1v) is 18.2. The molecule has 0 N–H and O–H groups in total. The minimum atomic E-state index is -0.389. The molecule has 11 heteroatoms. The molecule has 2 bridgehead atoms. The summed E-state index contributed by atoms with van der Waals surface area (Å²) in [4.78, 5) is 36.0. The van der Waals surface area contributed by atoms with Gasteiger partial charge in [-0.25, -0.2) is 11.4 Å². The predicted octanol–water partition coefficient (Wildman–Crippen LogP) is 5.49. The van der Waals surface area contributed by atoms with Crippen LogP contribution >= 0.6 is 0 Å². The van der Waals surface area contributed by atoms with Gasteiger partial charge in [-0.3, -0.25) is 9.80 Å². The third-order valence-corrected chi connectivity index (χ3v) is 10.8. The molecular weight excluding hydrogens is 642 g/mol. The van der Waals surface area contributed by atoms with Crippen LogP contribution in [0.2, 0.25) is 0 Å². The van der Waals surface area contributed by atoms with Crippen molar-refractivity contribution in [1.29, 1.82) is 0 Å². The highest BCUT2D eigenvalue weighted by molar-refractivity contribution is 5.97. The van der Waals surface area contributed by atoms with Crippen LogP contribution in [0.5, 0.6) is 6.01 Å². The molecule has 8 rings (SSSR count). The van der Waals surface area contributed by atoms with E-state index in [2.05, 4.69) is 62.9 Å². The van der Waals surface area contributed by atoms with Crippen LogP contribution in [0, 0.1) is 13.5 Å². The number of piperazine rings is 1. The third-order valence-electron chi connectivity index (χ3n) is 10.8. The number of morpholine rings is 1. The van der Waals surface area contributed by atoms with E-state index in [1.807, 2.05) is 30.3 Å². The van der Waals surface area contributed by atoms with Gasteiger partial charge < -0.3 is 28.9 Å². The summed E-state index contributed by atoms with van der Waals surface area (Å²) in [5.41, 5.74) is 5.48. The number of likely N-dealkylation sites (tertiary alicyclic amines) is 1. The number of hydrogen-bond acceptors (Lipinski definition) is 9. The molecule has 5 heterocycles. The van der Waals surface area contributed by atoms with Gasteiger partial charge in [0.25, 0.3) is 0 Å². The van der Waals surface area contributed by atoms with Crippen molar-refractivity contribution in [2.75, 3.05) is 68.8 Å². The molecule has 4 aliphatic rings. The first-order chi connectivity index (χ1) is 25.0. The minimum Gasteiger partial charge on any atom is -0.463 e. The maximum atomic E-state index is 13.3. The third kappa shape index (κ3) is 7.03. The zero-order valence-electron chi connectivity index (χ0n) is 29.2. The number of hydrogen-bond donors (Lipinski definition) is 0. The Kier molecular flexibility index (Phi) is 9.61. The molecule has 3 saturated heterocycles. The summed E-state index contributed by atoms with van der Waals surface area (Å²) < 4.78 is 17.8. The van der Waals surface area contributed by atoms with Gasteiger partial charge in [0, 0.05) is 61.9 Å². The summed E-state index contributed by atoms with van der Waals surface area (Å²) in [7, 11) is 0. The normalized spacial score (nSPS) is 21.5. The van der Waals surface area contributed by atoms with E-state index in [4.69, 9.17) is 30.8 Å². The predicted molar refractivity (Wildman–Crippen MR) is 196 cm³/mol. The van der Waals surface area contributed by atoms with E-state index in [1.54, 1.807) is 4.90 Å². The zero-order chi connectivity index (χ0) is 34.7. The minimum absolute atomic E-state index is 0.186. The van der Waals surface area contributed by atoms with E-state index >= 15 is 0 Å². The number of rotatable bonds is 10. The summed E-state index contributed by atoms with van der Waals surface area (Å²) in [5.74, 6) is 0.852. The maximum absolute atomic E-state index is 13.3. The fourth-order valence-electron chi connectivity index (χ4n) is 8.23. The molecule has 0 spiro atoms. The van der Waals surface area contributed by atoms with Crippen LogP contribution in [-0.2, 0) is 29.0 Å². The van der Waals surface area contributed by atoms with Crippen molar-refractivity contribution in [3.63, 3.8) is 0 Å². The van der Waals surface area contributed by atoms with Crippen molar-refractivity contribution in [1.82, 2.24) is 19.8 Å². The fourth-order valence-corrected chi connectivity index (χ4v) is 8.23. The molecule has 0 aliphatic carbocycles. The van der Waals surface area contributed by atoms with Crippen molar-refractivity contribution in [3.05, 3.63) is 101 Å². The Morgan fingerprint density at radius 1 is 1.00 bits per heavy atom. The molecule has 0 saturated carbocycles. The molecule has 1 amide bonds. The van der Waals surface area contributed by atoms with E-state index < -0.39 is 0 Å². The average molecular weight is 688 g/mol. The Bertz CT molecular complexity index is 1910. The lowest BCUT2D eigenvalue weighted by molar-refractivity contribution is 0.0287. The molecule has 4 aliphatic heterocycles. The van der Waals surface area contributed by atoms with Gasteiger partial charge >= 0.3 is 12.1 Å². The van der Waals surface area contributed by atoms with Gasteiger partial charge in [0.15, 0.2) is 0 Å². The highest BCUT2D eigenvalue weighted by Gasteiger charge is 2.39. The molecule has 3 fully saturated rings. The van der Waals surface area contributed by atoms with Crippen molar-refractivity contribution in [2.24, 2.45) is 0 Å². The van der Waals surface area contributed by atoms with Gasteiger partial charge in [-0.2, -0.15) is 9.97 Å². The number of aromatic nitrogens is 2. The van der Waals surface area contributed by atoms with E-state index in [0.29, 0.717) is 50.9 Å². The quantitative estimate of drug-likeness (QED) is 0.159. The van der Waals surface area contributed by atoms with Gasteiger partial charge in [0.2, 0.25) is 6.54 Å². The number of amides is 1. The molecule has 3 aromatic carbocycles. The number of aryl methyl sites for hydroxylation is 1. The topological polar surface area (TPSA) is 87.9 Å². The molecule has 1 aromatic heterocycles. The van der Waals surface area contributed by atoms with Crippen LogP contribution in [0.3, 0.4) is 0 Å². The summed E-state index contributed by atoms with van der Waals surface area (Å²) in [6.07, 6.45) is 2.79. The lowest BCUT2D eigenvalue weighted by Gasteiger charge is -2.40. The van der Waals surface area contributed by atoms with Crippen LogP contribution in [0.15, 0.2) is 66.7 Å². The lowest BCUT2D eigenvalue weighted by atomic mass is 9.99. The van der Waals surface area contributed by atoms with Gasteiger partial charge in [0.1, 0.15) is 18.5 Å². The van der Waals surface area contributed by atoms with E-state index in [1.165, 1.54) is 22.0 Å². The molecule has 4 aromatic rings. The Morgan fingerprint density at radius 3 is 2.67 bits per heavy atom. The Balaban J connectivity index is 1.03. The van der Waals surface area contributed by atoms with Gasteiger partial charge in [-0.1, -0.05) is 60.7 Å². The number of benzene rings is 3. The Hall–Kier alpha value is -4.92. The monoisotopic (exact) mass is 687 g/mol. The summed E-state index contributed by atoms with van der Waals surface area (Å²) in [6, 6.07) is 23.2. The Labute approximate surface area is 299 Å². The standard InChI is InChI=1S/C40H45N7O4/c1-28-9-6-12-30-13-7-14-36(37(28)30)45-17-15-34-35(25-45)42-39(49-20-8-16-44-24-33-21-31(44)27-50-33)43-38(34)46-18-19-47(32(23-46)22-41-2)40(48)51-26-29-10-4-3-5-11-29/h3-7,9-14,31-33H,8,15-27H2,1H3/t31-,32-,33-/m0/s1. The highest BCUT2D eigenvalue weighted by atomic mass is 16.6. The smallest absolute Gasteiger partial charge is 0.410 e. The second kappa shape index (κ2) is 14.7. The van der Waals surface area contributed by atoms with Crippen LogP contribution in [0.1, 0.15) is 35.2 Å². The average Bonchev–Trinajstić information content (AvgIpc) is 3.80. The van der Waals surface area contributed by atoms with Crippen LogP contribution in [0.4, 0.5) is 16.3 Å². The number of nitrogens with zero attached hydrogens (tertiary/aromatic N) is 7. The summed E-state index contributed by atoms with van der Waals surface area (Å²) >= 11 is 0. The first-order valence-electron chi connectivity index (χ1n) is 18.2. The molecule has 264 valence electrons. The Morgan fingerprint density at radius 2 is 1.86 bits per heavy atom. The van der Waals surface area contributed by atoms with Gasteiger partial charge in [-0.05, 0) is 48.8 Å². The maximum Gasteiger partial charge on any atom is 0.410 e. The van der Waals surface area contributed by atoms with Crippen molar-refractivity contribution in [2.45, 2.75) is 57.5 Å². The largest absolute Gasteiger partial charge is 0.463 e. The van der Waals surface area contributed by atoms with Gasteiger partial charge in [0.05, 0.1) is 31.6 Å². The van der Waals surface area contributed by atoms with E-state index in [0.717, 1.165) is 68.1 Å².